The van der Waals surface area contributed by atoms with Crippen molar-refractivity contribution in [1.82, 2.24) is 9.97 Å². The van der Waals surface area contributed by atoms with E-state index in [1.165, 1.54) is 11.8 Å². The first-order valence-electron chi connectivity index (χ1n) is 5.77. The second-order valence-electron chi connectivity index (χ2n) is 5.28. The van der Waals surface area contributed by atoms with Gasteiger partial charge in [-0.15, -0.1) is 0 Å². The van der Waals surface area contributed by atoms with Crippen molar-refractivity contribution in [3.63, 3.8) is 0 Å². The van der Waals surface area contributed by atoms with Gasteiger partial charge in [-0.05, 0) is 11.0 Å². The van der Waals surface area contributed by atoms with Gasteiger partial charge in [-0.3, -0.25) is 0 Å². The normalized spacial score (nSPS) is 11.5. The van der Waals surface area contributed by atoms with E-state index < -0.39 is 5.97 Å². The van der Waals surface area contributed by atoms with E-state index in [1.807, 2.05) is 24.3 Å². The maximum absolute atomic E-state index is 10.8. The van der Waals surface area contributed by atoms with Crippen molar-refractivity contribution in [2.24, 2.45) is 0 Å². The number of rotatable bonds is 2. The molecule has 94 valence electrons. The van der Waals surface area contributed by atoms with Gasteiger partial charge in [0.15, 0.2) is 0 Å². The van der Waals surface area contributed by atoms with Crippen molar-refractivity contribution in [2.45, 2.75) is 26.2 Å². The second-order valence-corrected chi connectivity index (χ2v) is 5.28. The molecule has 0 radical (unpaired) electrons. The minimum atomic E-state index is -1.000. The Kier molecular flexibility index (Phi) is 2.95. The predicted molar refractivity (Wildman–Crippen MR) is 69.7 cm³/mol. The number of hydrogen-bond acceptors (Lipinski definition) is 2. The van der Waals surface area contributed by atoms with E-state index in [2.05, 4.69) is 30.7 Å². The maximum Gasteiger partial charge on any atom is 0.353 e. The summed E-state index contributed by atoms with van der Waals surface area (Å²) in [6, 6.07) is 7.98. The highest BCUT2D eigenvalue weighted by molar-refractivity contribution is 5.85. The second kappa shape index (κ2) is 4.29. The van der Waals surface area contributed by atoms with Crippen LogP contribution >= 0.6 is 0 Å². The lowest BCUT2D eigenvalue weighted by Gasteiger charge is -2.18. The Morgan fingerprint density at radius 1 is 1.22 bits per heavy atom. The molecule has 0 spiro atoms. The Hall–Kier alpha value is -2.10. The lowest BCUT2D eigenvalue weighted by Crippen LogP contribution is -2.10. The standard InChI is InChI=1S/C14H16N2O2/c1-14(2,3)10-6-4-9(5-7-10)12-15-8-11(16-12)13(17)18/h4-8H,1-3H3,(H,15,16)(H,17,18). The van der Waals surface area contributed by atoms with Crippen molar-refractivity contribution in [3.05, 3.63) is 41.7 Å². The summed E-state index contributed by atoms with van der Waals surface area (Å²) in [7, 11) is 0. The highest BCUT2D eigenvalue weighted by Gasteiger charge is 2.14. The summed E-state index contributed by atoms with van der Waals surface area (Å²) < 4.78 is 0. The monoisotopic (exact) mass is 244 g/mol. The first kappa shape index (κ1) is 12.4. The Morgan fingerprint density at radius 3 is 2.28 bits per heavy atom. The number of hydrogen-bond donors (Lipinski definition) is 2. The first-order chi connectivity index (χ1) is 8.38. The Labute approximate surface area is 106 Å². The number of H-pyrrole nitrogens is 1. The van der Waals surface area contributed by atoms with Gasteiger partial charge in [0.2, 0.25) is 0 Å². The van der Waals surface area contributed by atoms with Crippen LogP contribution in [-0.2, 0) is 5.41 Å². The summed E-state index contributed by atoms with van der Waals surface area (Å²) in [5.74, 6) is -0.423. The molecular weight excluding hydrogens is 228 g/mol. The molecule has 4 nitrogen and oxygen atoms in total. The summed E-state index contributed by atoms with van der Waals surface area (Å²) in [5, 5.41) is 8.82. The quantitative estimate of drug-likeness (QED) is 0.853. The molecule has 0 fully saturated rings. The molecule has 0 bridgehead atoms. The number of aromatic nitrogens is 2. The molecule has 0 atom stereocenters. The fourth-order valence-corrected chi connectivity index (χ4v) is 1.70. The van der Waals surface area contributed by atoms with Gasteiger partial charge >= 0.3 is 5.97 Å². The molecule has 0 saturated heterocycles. The molecule has 4 heteroatoms. The van der Waals surface area contributed by atoms with E-state index in [1.54, 1.807) is 0 Å². The van der Waals surface area contributed by atoms with Gasteiger partial charge in [0.05, 0.1) is 6.20 Å². The minimum Gasteiger partial charge on any atom is -0.477 e. The number of aromatic carboxylic acids is 1. The first-order valence-corrected chi connectivity index (χ1v) is 5.77. The molecular formula is C14H16N2O2. The number of benzene rings is 1. The highest BCUT2D eigenvalue weighted by atomic mass is 16.4. The predicted octanol–water partition coefficient (Wildman–Crippen LogP) is 3.07. The third-order valence-corrected chi connectivity index (χ3v) is 2.83. The molecule has 0 unspecified atom stereocenters. The number of carbonyl (C=O) groups is 1. The lowest BCUT2D eigenvalue weighted by atomic mass is 9.87. The van der Waals surface area contributed by atoms with E-state index in [-0.39, 0.29) is 11.1 Å². The molecule has 2 aromatic rings. The molecule has 0 aliphatic rings. The van der Waals surface area contributed by atoms with E-state index >= 15 is 0 Å². The zero-order valence-electron chi connectivity index (χ0n) is 10.7. The SMILES string of the molecule is CC(C)(C)c1ccc(-c2ncc(C(=O)O)[nH]2)cc1. The molecule has 1 aromatic heterocycles. The van der Waals surface area contributed by atoms with Gasteiger partial charge in [0.25, 0.3) is 0 Å². The van der Waals surface area contributed by atoms with Crippen LogP contribution in [0, 0.1) is 0 Å². The van der Waals surface area contributed by atoms with Crippen LogP contribution in [-0.4, -0.2) is 21.0 Å². The van der Waals surface area contributed by atoms with Gasteiger partial charge in [0.1, 0.15) is 11.5 Å². The molecule has 1 heterocycles. The smallest absolute Gasteiger partial charge is 0.353 e. The summed E-state index contributed by atoms with van der Waals surface area (Å²) in [6.45, 7) is 6.45. The van der Waals surface area contributed by atoms with Gasteiger partial charge in [-0.2, -0.15) is 0 Å². The lowest BCUT2D eigenvalue weighted by molar-refractivity contribution is 0.0691. The van der Waals surface area contributed by atoms with E-state index in [0.29, 0.717) is 5.82 Å². The number of nitrogens with one attached hydrogen (secondary N) is 1. The Bertz CT molecular complexity index is 562. The largest absolute Gasteiger partial charge is 0.477 e. The molecule has 0 saturated carbocycles. The average molecular weight is 244 g/mol. The van der Waals surface area contributed by atoms with Crippen LogP contribution in [0.25, 0.3) is 11.4 Å². The number of nitrogens with zero attached hydrogens (tertiary/aromatic N) is 1. The number of carboxylic acids is 1. The van der Waals surface area contributed by atoms with Crippen LogP contribution in [0.4, 0.5) is 0 Å². The minimum absolute atomic E-state index is 0.102. The van der Waals surface area contributed by atoms with Crippen LogP contribution in [0.3, 0.4) is 0 Å². The fourth-order valence-electron chi connectivity index (χ4n) is 1.70. The summed E-state index contributed by atoms with van der Waals surface area (Å²) in [5.41, 5.74) is 2.32. The van der Waals surface area contributed by atoms with Crippen LogP contribution in [0.1, 0.15) is 36.8 Å². The summed E-state index contributed by atoms with van der Waals surface area (Å²) >= 11 is 0. The summed E-state index contributed by atoms with van der Waals surface area (Å²) in [4.78, 5) is 17.6. The third-order valence-electron chi connectivity index (χ3n) is 2.83. The average Bonchev–Trinajstić information content (AvgIpc) is 2.77. The van der Waals surface area contributed by atoms with Crippen molar-refractivity contribution in [1.29, 1.82) is 0 Å². The highest BCUT2D eigenvalue weighted by Crippen LogP contribution is 2.24. The van der Waals surface area contributed by atoms with Crippen molar-refractivity contribution in [3.8, 4) is 11.4 Å². The van der Waals surface area contributed by atoms with Gasteiger partial charge < -0.3 is 10.1 Å². The molecule has 0 amide bonds. The van der Waals surface area contributed by atoms with E-state index in [0.717, 1.165) is 5.56 Å². The van der Waals surface area contributed by atoms with Crippen molar-refractivity contribution >= 4 is 5.97 Å². The van der Waals surface area contributed by atoms with E-state index in [9.17, 15) is 4.79 Å². The zero-order chi connectivity index (χ0) is 13.3. The van der Waals surface area contributed by atoms with Crippen LogP contribution in [0.5, 0.6) is 0 Å². The van der Waals surface area contributed by atoms with Gasteiger partial charge in [-0.25, -0.2) is 9.78 Å². The maximum atomic E-state index is 10.8. The Balaban J connectivity index is 2.31. The summed E-state index contributed by atoms with van der Waals surface area (Å²) in [6.07, 6.45) is 1.33. The van der Waals surface area contributed by atoms with Crippen LogP contribution in [0.2, 0.25) is 0 Å². The number of carboxylic acid groups (broad SMARTS) is 1. The Morgan fingerprint density at radius 2 is 1.83 bits per heavy atom. The number of imidazole rings is 1. The van der Waals surface area contributed by atoms with Crippen LogP contribution < -0.4 is 0 Å². The van der Waals surface area contributed by atoms with Gasteiger partial charge in [-0.1, -0.05) is 45.0 Å². The van der Waals surface area contributed by atoms with Crippen LogP contribution in [0.15, 0.2) is 30.5 Å². The topological polar surface area (TPSA) is 66.0 Å². The van der Waals surface area contributed by atoms with Gasteiger partial charge in [0, 0.05) is 5.56 Å². The van der Waals surface area contributed by atoms with Crippen molar-refractivity contribution in [2.75, 3.05) is 0 Å². The molecule has 0 aliphatic heterocycles. The fraction of sp³-hybridized carbons (Fsp3) is 0.286. The molecule has 2 N–H and O–H groups in total. The van der Waals surface area contributed by atoms with E-state index in [4.69, 9.17) is 5.11 Å². The third kappa shape index (κ3) is 2.42. The molecule has 2 rings (SSSR count). The molecule has 0 aliphatic carbocycles. The van der Waals surface area contributed by atoms with Crippen molar-refractivity contribution < 1.29 is 9.90 Å². The number of aromatic amines is 1. The molecule has 1 aromatic carbocycles. The zero-order valence-corrected chi connectivity index (χ0v) is 10.7. The molecule has 18 heavy (non-hydrogen) atoms.